The maximum Gasteiger partial charge on any atom is 0.260 e. The SMILES string of the molecule is CC(Oc1cccc([C@@H](C)O)c1)C(=O)NC1CCCCC1. The van der Waals surface area contributed by atoms with Gasteiger partial charge in [-0.1, -0.05) is 31.4 Å². The van der Waals surface area contributed by atoms with E-state index in [9.17, 15) is 9.90 Å². The zero-order chi connectivity index (χ0) is 15.2. The first-order chi connectivity index (χ1) is 10.1. The van der Waals surface area contributed by atoms with Crippen molar-refractivity contribution in [3.63, 3.8) is 0 Å². The lowest BCUT2D eigenvalue weighted by molar-refractivity contribution is -0.128. The Morgan fingerprint density at radius 3 is 2.67 bits per heavy atom. The Morgan fingerprint density at radius 2 is 2.00 bits per heavy atom. The number of carbonyl (C=O) groups is 1. The number of carbonyl (C=O) groups excluding carboxylic acids is 1. The molecule has 2 N–H and O–H groups in total. The van der Waals surface area contributed by atoms with Crippen LogP contribution in [-0.4, -0.2) is 23.2 Å². The van der Waals surface area contributed by atoms with Crippen molar-refractivity contribution in [3.05, 3.63) is 29.8 Å². The molecule has 1 unspecified atom stereocenters. The molecule has 1 amide bonds. The van der Waals surface area contributed by atoms with E-state index in [1.807, 2.05) is 12.1 Å². The van der Waals surface area contributed by atoms with E-state index in [2.05, 4.69) is 5.32 Å². The van der Waals surface area contributed by atoms with Gasteiger partial charge < -0.3 is 15.2 Å². The molecule has 0 saturated heterocycles. The molecule has 1 aliphatic carbocycles. The largest absolute Gasteiger partial charge is 0.481 e. The third-order valence-electron chi connectivity index (χ3n) is 3.97. The van der Waals surface area contributed by atoms with Gasteiger partial charge in [-0.25, -0.2) is 0 Å². The van der Waals surface area contributed by atoms with Crippen LogP contribution >= 0.6 is 0 Å². The second-order valence-corrected chi connectivity index (χ2v) is 5.85. The Morgan fingerprint density at radius 1 is 1.29 bits per heavy atom. The van der Waals surface area contributed by atoms with Gasteiger partial charge in [-0.2, -0.15) is 0 Å². The van der Waals surface area contributed by atoms with Crippen molar-refractivity contribution in [1.82, 2.24) is 5.32 Å². The number of hydrogen-bond acceptors (Lipinski definition) is 3. The molecule has 1 aromatic rings. The Kier molecular flexibility index (Phi) is 5.62. The number of nitrogens with one attached hydrogen (secondary N) is 1. The van der Waals surface area contributed by atoms with Gasteiger partial charge in [0.2, 0.25) is 0 Å². The van der Waals surface area contributed by atoms with Crippen molar-refractivity contribution in [2.24, 2.45) is 0 Å². The summed E-state index contributed by atoms with van der Waals surface area (Å²) in [6.07, 6.45) is 4.71. The fourth-order valence-corrected chi connectivity index (χ4v) is 2.67. The lowest BCUT2D eigenvalue weighted by atomic mass is 9.95. The fraction of sp³-hybridized carbons (Fsp3) is 0.588. The van der Waals surface area contributed by atoms with Gasteiger partial charge >= 0.3 is 0 Å². The van der Waals surface area contributed by atoms with Crippen LogP contribution in [0.3, 0.4) is 0 Å². The molecule has 0 radical (unpaired) electrons. The van der Waals surface area contributed by atoms with Crippen LogP contribution in [0.15, 0.2) is 24.3 Å². The van der Waals surface area contributed by atoms with Gasteiger partial charge in [0.1, 0.15) is 5.75 Å². The Bertz CT molecular complexity index is 467. The van der Waals surface area contributed by atoms with E-state index < -0.39 is 12.2 Å². The third kappa shape index (κ3) is 4.74. The molecule has 1 saturated carbocycles. The standard InChI is InChI=1S/C17H25NO3/c1-12(19)14-7-6-10-16(11-14)21-13(2)17(20)18-15-8-4-3-5-9-15/h6-7,10-13,15,19H,3-5,8-9H2,1-2H3,(H,18,20)/t12-,13?/m1/s1. The summed E-state index contributed by atoms with van der Waals surface area (Å²) in [6, 6.07) is 7.53. The van der Waals surface area contributed by atoms with Crippen molar-refractivity contribution >= 4 is 5.91 Å². The normalized spacial score (nSPS) is 18.8. The fourth-order valence-electron chi connectivity index (χ4n) is 2.67. The monoisotopic (exact) mass is 291 g/mol. The minimum Gasteiger partial charge on any atom is -0.481 e. The van der Waals surface area contributed by atoms with Gasteiger partial charge in [-0.15, -0.1) is 0 Å². The van der Waals surface area contributed by atoms with Gasteiger partial charge in [-0.3, -0.25) is 4.79 Å². The van der Waals surface area contributed by atoms with Crippen LogP contribution in [0.2, 0.25) is 0 Å². The van der Waals surface area contributed by atoms with Crippen LogP contribution in [0.5, 0.6) is 5.75 Å². The molecule has 0 bridgehead atoms. The van der Waals surface area contributed by atoms with Crippen LogP contribution in [-0.2, 0) is 4.79 Å². The molecule has 0 aromatic heterocycles. The van der Waals surface area contributed by atoms with E-state index in [1.165, 1.54) is 19.3 Å². The smallest absolute Gasteiger partial charge is 0.260 e. The van der Waals surface area contributed by atoms with Gasteiger partial charge in [0.15, 0.2) is 6.10 Å². The highest BCUT2D eigenvalue weighted by atomic mass is 16.5. The molecule has 4 nitrogen and oxygen atoms in total. The summed E-state index contributed by atoms with van der Waals surface area (Å²) in [6.45, 7) is 3.46. The van der Waals surface area contributed by atoms with E-state index >= 15 is 0 Å². The predicted molar refractivity (Wildman–Crippen MR) is 82.2 cm³/mol. The van der Waals surface area contributed by atoms with Crippen LogP contribution in [0.25, 0.3) is 0 Å². The molecule has 2 rings (SSSR count). The number of benzene rings is 1. The average Bonchev–Trinajstić information content (AvgIpc) is 2.48. The highest BCUT2D eigenvalue weighted by Crippen LogP contribution is 2.20. The molecular weight excluding hydrogens is 266 g/mol. The molecule has 0 spiro atoms. The van der Waals surface area contributed by atoms with Gasteiger partial charge in [0, 0.05) is 6.04 Å². The summed E-state index contributed by atoms with van der Waals surface area (Å²) in [5, 5.41) is 12.6. The summed E-state index contributed by atoms with van der Waals surface area (Å²) in [5.74, 6) is 0.545. The molecule has 2 atom stereocenters. The zero-order valence-electron chi connectivity index (χ0n) is 12.8. The first kappa shape index (κ1) is 15.8. The molecule has 1 aromatic carbocycles. The zero-order valence-corrected chi connectivity index (χ0v) is 12.8. The molecule has 21 heavy (non-hydrogen) atoms. The highest BCUT2D eigenvalue weighted by molar-refractivity contribution is 5.81. The minimum atomic E-state index is -0.542. The summed E-state index contributed by atoms with van der Waals surface area (Å²) in [5.41, 5.74) is 0.785. The van der Waals surface area contributed by atoms with Crippen molar-refractivity contribution in [1.29, 1.82) is 0 Å². The van der Waals surface area contributed by atoms with Crippen molar-refractivity contribution in [3.8, 4) is 5.75 Å². The number of aliphatic hydroxyl groups is 1. The van der Waals surface area contributed by atoms with Crippen LogP contribution in [0.4, 0.5) is 0 Å². The van der Waals surface area contributed by atoms with E-state index in [4.69, 9.17) is 4.74 Å². The van der Waals surface area contributed by atoms with Gasteiger partial charge in [-0.05, 0) is 44.4 Å². The van der Waals surface area contributed by atoms with Crippen LogP contribution < -0.4 is 10.1 Å². The van der Waals surface area contributed by atoms with Crippen LogP contribution in [0.1, 0.15) is 57.6 Å². The first-order valence-corrected chi connectivity index (χ1v) is 7.81. The number of ether oxygens (including phenoxy) is 1. The summed E-state index contributed by atoms with van der Waals surface area (Å²) in [4.78, 5) is 12.1. The van der Waals surface area contributed by atoms with E-state index in [0.717, 1.165) is 18.4 Å². The summed E-state index contributed by atoms with van der Waals surface area (Å²) < 4.78 is 5.69. The second kappa shape index (κ2) is 7.46. The number of aliphatic hydroxyl groups excluding tert-OH is 1. The lowest BCUT2D eigenvalue weighted by Gasteiger charge is -2.24. The second-order valence-electron chi connectivity index (χ2n) is 5.85. The Balaban J connectivity index is 1.89. The molecule has 0 heterocycles. The first-order valence-electron chi connectivity index (χ1n) is 7.81. The molecular formula is C17H25NO3. The topological polar surface area (TPSA) is 58.6 Å². The summed E-state index contributed by atoms with van der Waals surface area (Å²) in [7, 11) is 0. The lowest BCUT2D eigenvalue weighted by Crippen LogP contribution is -2.43. The molecule has 116 valence electrons. The Hall–Kier alpha value is -1.55. The molecule has 0 aliphatic heterocycles. The predicted octanol–water partition coefficient (Wildman–Crippen LogP) is 2.96. The van der Waals surface area contributed by atoms with Gasteiger partial charge in [0.05, 0.1) is 6.10 Å². The number of rotatable bonds is 5. The van der Waals surface area contributed by atoms with E-state index in [0.29, 0.717) is 11.8 Å². The van der Waals surface area contributed by atoms with E-state index in [1.54, 1.807) is 26.0 Å². The maximum atomic E-state index is 12.1. The minimum absolute atomic E-state index is 0.0654. The van der Waals surface area contributed by atoms with Crippen molar-refractivity contribution in [2.45, 2.75) is 64.2 Å². The van der Waals surface area contributed by atoms with Gasteiger partial charge in [0.25, 0.3) is 5.91 Å². The average molecular weight is 291 g/mol. The highest BCUT2D eigenvalue weighted by Gasteiger charge is 2.20. The van der Waals surface area contributed by atoms with E-state index in [-0.39, 0.29) is 5.91 Å². The quantitative estimate of drug-likeness (QED) is 0.877. The third-order valence-corrected chi connectivity index (χ3v) is 3.97. The molecule has 1 fully saturated rings. The molecule has 4 heteroatoms. The maximum absolute atomic E-state index is 12.1. The number of amides is 1. The summed E-state index contributed by atoms with van der Waals surface area (Å²) >= 11 is 0. The van der Waals surface area contributed by atoms with Crippen molar-refractivity contribution < 1.29 is 14.6 Å². The van der Waals surface area contributed by atoms with Crippen LogP contribution in [0, 0.1) is 0 Å². The Labute approximate surface area is 126 Å². The molecule has 1 aliphatic rings. The number of hydrogen-bond donors (Lipinski definition) is 2. The van der Waals surface area contributed by atoms with Crippen molar-refractivity contribution in [2.75, 3.05) is 0 Å².